The number of aliphatic hydroxyl groups excluding tert-OH is 1. The number of nitrogens with one attached hydrogen (secondary N) is 1. The van der Waals surface area contributed by atoms with Crippen LogP contribution in [0.3, 0.4) is 0 Å². The summed E-state index contributed by atoms with van der Waals surface area (Å²) >= 11 is 0. The van der Waals surface area contributed by atoms with Gasteiger partial charge in [-0.15, -0.1) is 0 Å². The normalized spacial score (nSPS) is 21.0. The maximum absolute atomic E-state index is 12.6. The number of ether oxygens (including phenoxy) is 1. The molecule has 0 saturated carbocycles. The van der Waals surface area contributed by atoms with Gasteiger partial charge in [-0.3, -0.25) is 19.7 Å². The van der Waals surface area contributed by atoms with Crippen molar-refractivity contribution in [2.45, 2.75) is 13.0 Å². The Morgan fingerprint density at radius 3 is 2.52 bits per heavy atom. The molecular formula is C18H22N3O6+. The zero-order chi connectivity index (χ0) is 19.6. The number of nitro groups is 1. The Labute approximate surface area is 156 Å². The summed E-state index contributed by atoms with van der Waals surface area (Å²) in [5.41, 5.74) is 0.510. The summed E-state index contributed by atoms with van der Waals surface area (Å²) in [6, 6.07) is 4.96. The van der Waals surface area contributed by atoms with Gasteiger partial charge in [0.2, 0.25) is 0 Å². The van der Waals surface area contributed by atoms with E-state index in [1.807, 2.05) is 0 Å². The Morgan fingerprint density at radius 2 is 1.96 bits per heavy atom. The molecule has 1 amide bonds. The first-order chi connectivity index (χ1) is 12.9. The number of non-ortho nitro benzene ring substituents is 1. The quantitative estimate of drug-likeness (QED) is 0.525. The third kappa shape index (κ3) is 3.83. The lowest BCUT2D eigenvalue weighted by Gasteiger charge is -2.29. The number of aliphatic hydroxyl groups is 1. The number of rotatable bonds is 6. The van der Waals surface area contributed by atoms with Gasteiger partial charge >= 0.3 is 0 Å². The summed E-state index contributed by atoms with van der Waals surface area (Å²) in [6.07, 6.45) is 0. The minimum Gasteiger partial charge on any atom is -0.503 e. The summed E-state index contributed by atoms with van der Waals surface area (Å²) in [4.78, 5) is 37.8. The van der Waals surface area contributed by atoms with Crippen molar-refractivity contribution in [2.75, 3.05) is 39.4 Å². The van der Waals surface area contributed by atoms with E-state index in [4.69, 9.17) is 4.74 Å². The van der Waals surface area contributed by atoms with Gasteiger partial charge in [-0.1, -0.05) is 0 Å². The van der Waals surface area contributed by atoms with Gasteiger partial charge in [-0.2, -0.15) is 0 Å². The highest BCUT2D eigenvalue weighted by Crippen LogP contribution is 2.37. The van der Waals surface area contributed by atoms with Crippen LogP contribution in [0.15, 0.2) is 35.6 Å². The Morgan fingerprint density at radius 1 is 1.33 bits per heavy atom. The van der Waals surface area contributed by atoms with Gasteiger partial charge in [0.05, 0.1) is 42.8 Å². The molecule has 27 heavy (non-hydrogen) atoms. The van der Waals surface area contributed by atoms with Crippen molar-refractivity contribution >= 4 is 17.4 Å². The van der Waals surface area contributed by atoms with E-state index in [2.05, 4.69) is 0 Å². The summed E-state index contributed by atoms with van der Waals surface area (Å²) < 4.78 is 5.33. The highest BCUT2D eigenvalue weighted by atomic mass is 16.6. The van der Waals surface area contributed by atoms with Gasteiger partial charge < -0.3 is 19.6 Å². The molecule has 1 saturated heterocycles. The second-order valence-corrected chi connectivity index (χ2v) is 6.68. The maximum Gasteiger partial charge on any atom is 0.290 e. The first kappa shape index (κ1) is 19.0. The number of benzene rings is 1. The molecule has 1 aromatic carbocycles. The van der Waals surface area contributed by atoms with Crippen molar-refractivity contribution in [1.82, 2.24) is 4.90 Å². The number of amides is 1. The molecule has 0 bridgehead atoms. The minimum atomic E-state index is -0.740. The van der Waals surface area contributed by atoms with Crippen LogP contribution in [0.2, 0.25) is 0 Å². The van der Waals surface area contributed by atoms with Crippen LogP contribution in [0.4, 0.5) is 5.69 Å². The molecule has 2 N–H and O–H groups in total. The smallest absolute Gasteiger partial charge is 0.290 e. The molecule has 2 aliphatic rings. The molecule has 2 heterocycles. The van der Waals surface area contributed by atoms with E-state index in [-0.39, 0.29) is 11.3 Å². The van der Waals surface area contributed by atoms with Crippen LogP contribution in [0, 0.1) is 10.1 Å². The molecule has 9 heteroatoms. The average Bonchev–Trinajstić information content (AvgIpc) is 2.92. The van der Waals surface area contributed by atoms with E-state index in [0.29, 0.717) is 31.9 Å². The zero-order valence-electron chi connectivity index (χ0n) is 15.0. The second kappa shape index (κ2) is 7.85. The first-order valence-corrected chi connectivity index (χ1v) is 8.81. The number of quaternary nitrogens is 1. The van der Waals surface area contributed by atoms with E-state index >= 15 is 0 Å². The Bertz CT molecular complexity index is 783. The molecule has 0 radical (unpaired) electrons. The number of hydrogen-bond donors (Lipinski definition) is 2. The van der Waals surface area contributed by atoms with Crippen LogP contribution >= 0.6 is 0 Å². The van der Waals surface area contributed by atoms with Crippen molar-refractivity contribution in [3.05, 3.63) is 51.3 Å². The maximum atomic E-state index is 12.6. The largest absolute Gasteiger partial charge is 0.503 e. The summed E-state index contributed by atoms with van der Waals surface area (Å²) in [5.74, 6) is -1.52. The number of carbonyl (C=O) groups excluding carboxylic acids is 2. The number of hydrogen-bond acceptors (Lipinski definition) is 6. The van der Waals surface area contributed by atoms with Crippen LogP contribution in [0.25, 0.3) is 0 Å². The van der Waals surface area contributed by atoms with Crippen LogP contribution in [-0.4, -0.2) is 66.0 Å². The van der Waals surface area contributed by atoms with E-state index in [0.717, 1.165) is 13.1 Å². The van der Waals surface area contributed by atoms with Gasteiger partial charge in [-0.25, -0.2) is 0 Å². The molecule has 0 spiro atoms. The topological polar surface area (TPSA) is 114 Å². The molecule has 1 atom stereocenters. The Hall–Kier alpha value is -2.78. The number of ketones is 1. The third-order valence-electron chi connectivity index (χ3n) is 5.01. The molecule has 0 unspecified atom stereocenters. The second-order valence-electron chi connectivity index (χ2n) is 6.68. The molecule has 144 valence electrons. The number of morpholine rings is 1. The molecule has 3 rings (SSSR count). The van der Waals surface area contributed by atoms with E-state index in [1.165, 1.54) is 41.0 Å². The fraction of sp³-hybridized carbons (Fsp3) is 0.444. The molecule has 2 aliphatic heterocycles. The van der Waals surface area contributed by atoms with Crippen molar-refractivity contribution in [2.24, 2.45) is 0 Å². The van der Waals surface area contributed by atoms with Crippen LogP contribution in [0.1, 0.15) is 18.5 Å². The Balaban J connectivity index is 1.87. The molecular weight excluding hydrogens is 354 g/mol. The van der Waals surface area contributed by atoms with E-state index < -0.39 is 28.4 Å². The molecule has 9 nitrogen and oxygen atoms in total. The van der Waals surface area contributed by atoms with Gasteiger partial charge in [0.25, 0.3) is 11.6 Å². The first-order valence-electron chi connectivity index (χ1n) is 8.81. The molecule has 1 aromatic rings. The van der Waals surface area contributed by atoms with Crippen molar-refractivity contribution < 1.29 is 29.3 Å². The number of Topliss-reactive ketones (excluding diaryl/α,β-unsaturated/α-hetero) is 1. The molecule has 0 aliphatic carbocycles. The lowest BCUT2D eigenvalue weighted by Crippen LogP contribution is -3.14. The van der Waals surface area contributed by atoms with E-state index in [1.54, 1.807) is 0 Å². The molecule has 0 aromatic heterocycles. The predicted octanol–water partition coefficient (Wildman–Crippen LogP) is -0.206. The third-order valence-corrected chi connectivity index (χ3v) is 5.01. The lowest BCUT2D eigenvalue weighted by molar-refractivity contribution is -0.907. The average molecular weight is 376 g/mol. The lowest BCUT2D eigenvalue weighted by atomic mass is 9.96. The SMILES string of the molecule is CC(=O)C1=C(O)C(=O)N(CC[NH+]2CCOCC2)[C@@H]1c1ccc([N+](=O)[O-])cc1. The number of nitrogens with zero attached hydrogens (tertiary/aromatic N) is 2. The standard InChI is InChI=1S/C18H21N3O6/c1-12(22)15-16(13-2-4-14(5-3-13)21(25)26)20(18(24)17(15)23)7-6-19-8-10-27-11-9-19/h2-5,16,23H,6-11H2,1H3/p+1/t16-/m1/s1. The molecule has 1 fully saturated rings. The number of carbonyl (C=O) groups is 2. The van der Waals surface area contributed by atoms with E-state index in [9.17, 15) is 24.8 Å². The van der Waals surface area contributed by atoms with Crippen molar-refractivity contribution in [3.8, 4) is 0 Å². The van der Waals surface area contributed by atoms with Crippen molar-refractivity contribution in [3.63, 3.8) is 0 Å². The highest BCUT2D eigenvalue weighted by molar-refractivity contribution is 6.08. The fourth-order valence-electron chi connectivity index (χ4n) is 3.56. The summed E-state index contributed by atoms with van der Waals surface area (Å²) in [5, 5.41) is 21.1. The number of nitro benzene ring substituents is 1. The predicted molar refractivity (Wildman–Crippen MR) is 94.3 cm³/mol. The summed E-state index contributed by atoms with van der Waals surface area (Å²) in [6.45, 7) is 5.32. The monoisotopic (exact) mass is 376 g/mol. The van der Waals surface area contributed by atoms with Crippen molar-refractivity contribution in [1.29, 1.82) is 0 Å². The fourth-order valence-corrected chi connectivity index (χ4v) is 3.56. The zero-order valence-corrected chi connectivity index (χ0v) is 15.0. The van der Waals surface area contributed by atoms with Crippen LogP contribution in [-0.2, 0) is 14.3 Å². The van der Waals surface area contributed by atoms with Gasteiger partial charge in [0, 0.05) is 12.1 Å². The van der Waals surface area contributed by atoms with Crippen LogP contribution < -0.4 is 4.90 Å². The van der Waals surface area contributed by atoms with Crippen LogP contribution in [0.5, 0.6) is 0 Å². The van der Waals surface area contributed by atoms with Gasteiger partial charge in [0.15, 0.2) is 11.5 Å². The minimum absolute atomic E-state index is 0.0332. The van der Waals surface area contributed by atoms with Gasteiger partial charge in [-0.05, 0) is 24.6 Å². The summed E-state index contributed by atoms with van der Waals surface area (Å²) in [7, 11) is 0. The Kier molecular flexibility index (Phi) is 5.52. The highest BCUT2D eigenvalue weighted by Gasteiger charge is 2.42. The van der Waals surface area contributed by atoms with Gasteiger partial charge in [0.1, 0.15) is 13.1 Å².